The molecule has 2 heterocycles. The summed E-state index contributed by atoms with van der Waals surface area (Å²) in [4.78, 5) is 4.75. The predicted octanol–water partition coefficient (Wildman–Crippen LogP) is 2.61. The number of rotatable bonds is 3. The molecule has 0 aromatic heterocycles. The maximum Gasteiger partial charge on any atom is 0.416 e. The van der Waals surface area contributed by atoms with E-state index in [9.17, 15) is 13.2 Å². The van der Waals surface area contributed by atoms with Crippen LogP contribution in [-0.4, -0.2) is 55.1 Å². The van der Waals surface area contributed by atoms with E-state index in [0.717, 1.165) is 50.9 Å². The van der Waals surface area contributed by atoms with Crippen molar-refractivity contribution in [2.45, 2.75) is 25.2 Å². The molecule has 2 fully saturated rings. The average Bonchev–Trinajstić information content (AvgIpc) is 3.02. The van der Waals surface area contributed by atoms with Crippen LogP contribution < -0.4 is 5.32 Å². The van der Waals surface area contributed by atoms with Crippen LogP contribution in [0.5, 0.6) is 0 Å². The third kappa shape index (κ3) is 4.83. The average molecular weight is 350 g/mol. The second-order valence-corrected chi connectivity index (χ2v) is 6.16. The lowest BCUT2D eigenvalue weighted by atomic mass is 10.1. The lowest BCUT2D eigenvalue weighted by Gasteiger charge is -2.37. The Morgan fingerprint density at radius 1 is 1.13 bits per heavy atom. The largest absolute Gasteiger partial charge is 0.416 e. The fourth-order valence-corrected chi connectivity index (χ4v) is 3.34. The Labute approximate surface area is 141 Å². The molecule has 23 heavy (non-hydrogen) atoms. The number of alkyl halides is 3. The molecule has 0 aliphatic carbocycles. The third-order valence-corrected chi connectivity index (χ3v) is 4.62. The minimum Gasteiger partial charge on any atom is -0.315 e. The molecule has 0 amide bonds. The van der Waals surface area contributed by atoms with Crippen molar-refractivity contribution in [3.8, 4) is 0 Å². The minimum atomic E-state index is -4.26. The van der Waals surface area contributed by atoms with Gasteiger partial charge in [-0.2, -0.15) is 13.2 Å². The van der Waals surface area contributed by atoms with Crippen molar-refractivity contribution >= 4 is 12.4 Å². The second kappa shape index (κ2) is 7.83. The SMILES string of the molecule is Cl.FC(F)(F)c1cccc(CN2CCN(C3CCNC3)CC2)c1. The summed E-state index contributed by atoms with van der Waals surface area (Å²) in [6.45, 7) is 6.61. The Bertz CT molecular complexity index is 496. The molecular weight excluding hydrogens is 327 g/mol. The van der Waals surface area contributed by atoms with Crippen molar-refractivity contribution in [1.82, 2.24) is 15.1 Å². The van der Waals surface area contributed by atoms with Gasteiger partial charge in [0.1, 0.15) is 0 Å². The summed E-state index contributed by atoms with van der Waals surface area (Å²) in [5.74, 6) is 0. The van der Waals surface area contributed by atoms with E-state index in [0.29, 0.717) is 12.6 Å². The van der Waals surface area contributed by atoms with Crippen molar-refractivity contribution in [2.75, 3.05) is 39.3 Å². The number of hydrogen-bond acceptors (Lipinski definition) is 3. The van der Waals surface area contributed by atoms with Gasteiger partial charge in [0.05, 0.1) is 5.56 Å². The van der Waals surface area contributed by atoms with Crippen LogP contribution in [0.2, 0.25) is 0 Å². The molecule has 2 saturated heterocycles. The molecule has 7 heteroatoms. The Morgan fingerprint density at radius 3 is 2.48 bits per heavy atom. The second-order valence-electron chi connectivity index (χ2n) is 6.16. The van der Waals surface area contributed by atoms with Crippen molar-refractivity contribution < 1.29 is 13.2 Å². The first-order valence-corrected chi connectivity index (χ1v) is 7.85. The topological polar surface area (TPSA) is 18.5 Å². The molecule has 0 spiro atoms. The first-order chi connectivity index (χ1) is 10.5. The quantitative estimate of drug-likeness (QED) is 0.905. The van der Waals surface area contributed by atoms with Crippen LogP contribution in [0.3, 0.4) is 0 Å². The number of nitrogens with one attached hydrogen (secondary N) is 1. The predicted molar refractivity (Wildman–Crippen MR) is 86.8 cm³/mol. The first-order valence-electron chi connectivity index (χ1n) is 7.85. The Morgan fingerprint density at radius 2 is 1.87 bits per heavy atom. The number of nitrogens with zero attached hydrogens (tertiary/aromatic N) is 2. The van der Waals surface area contributed by atoms with Crippen LogP contribution in [0.15, 0.2) is 24.3 Å². The number of hydrogen-bond donors (Lipinski definition) is 1. The molecule has 2 aliphatic rings. The molecule has 0 bridgehead atoms. The highest BCUT2D eigenvalue weighted by atomic mass is 35.5. The Balaban J connectivity index is 0.00000192. The molecular formula is C16H23ClF3N3. The standard InChI is InChI=1S/C16H22F3N3.ClH/c17-16(18,19)14-3-1-2-13(10-14)12-21-6-8-22(9-7-21)15-4-5-20-11-15;/h1-3,10,15,20H,4-9,11-12H2;1H. The number of piperazine rings is 1. The van der Waals surface area contributed by atoms with Gasteiger partial charge in [0.2, 0.25) is 0 Å². The van der Waals surface area contributed by atoms with E-state index in [1.165, 1.54) is 18.6 Å². The van der Waals surface area contributed by atoms with Gasteiger partial charge in [-0.25, -0.2) is 0 Å². The molecule has 0 saturated carbocycles. The van der Waals surface area contributed by atoms with E-state index in [1.807, 2.05) is 0 Å². The van der Waals surface area contributed by atoms with Gasteiger partial charge in [-0.15, -0.1) is 12.4 Å². The van der Waals surface area contributed by atoms with E-state index >= 15 is 0 Å². The molecule has 1 aromatic carbocycles. The van der Waals surface area contributed by atoms with Gasteiger partial charge in [0.15, 0.2) is 0 Å². The van der Waals surface area contributed by atoms with Gasteiger partial charge >= 0.3 is 6.18 Å². The molecule has 1 unspecified atom stereocenters. The fraction of sp³-hybridized carbons (Fsp3) is 0.625. The van der Waals surface area contributed by atoms with E-state index < -0.39 is 11.7 Å². The van der Waals surface area contributed by atoms with Gasteiger partial charge in [-0.05, 0) is 24.6 Å². The maximum atomic E-state index is 12.7. The molecule has 130 valence electrons. The van der Waals surface area contributed by atoms with Crippen molar-refractivity contribution in [3.05, 3.63) is 35.4 Å². The molecule has 2 aliphatic heterocycles. The summed E-state index contributed by atoms with van der Waals surface area (Å²) in [6.07, 6.45) is -3.06. The lowest BCUT2D eigenvalue weighted by molar-refractivity contribution is -0.137. The van der Waals surface area contributed by atoms with Crippen LogP contribution in [0.1, 0.15) is 17.5 Å². The number of halogens is 4. The molecule has 1 N–H and O–H groups in total. The monoisotopic (exact) mass is 349 g/mol. The van der Waals surface area contributed by atoms with Gasteiger partial charge in [-0.3, -0.25) is 9.80 Å². The summed E-state index contributed by atoms with van der Waals surface area (Å²) < 4.78 is 38.2. The fourth-order valence-electron chi connectivity index (χ4n) is 3.34. The number of benzene rings is 1. The molecule has 0 radical (unpaired) electrons. The van der Waals surface area contributed by atoms with Crippen molar-refractivity contribution in [1.29, 1.82) is 0 Å². The van der Waals surface area contributed by atoms with Crippen LogP contribution in [0.4, 0.5) is 13.2 Å². The van der Waals surface area contributed by atoms with Gasteiger partial charge in [0, 0.05) is 45.3 Å². The summed E-state index contributed by atoms with van der Waals surface area (Å²) in [7, 11) is 0. The van der Waals surface area contributed by atoms with Crippen molar-refractivity contribution in [2.24, 2.45) is 0 Å². The molecule has 3 rings (SSSR count). The summed E-state index contributed by atoms with van der Waals surface area (Å²) >= 11 is 0. The minimum absolute atomic E-state index is 0. The van der Waals surface area contributed by atoms with E-state index in [-0.39, 0.29) is 12.4 Å². The lowest BCUT2D eigenvalue weighted by Crippen LogP contribution is -2.50. The van der Waals surface area contributed by atoms with Crippen molar-refractivity contribution in [3.63, 3.8) is 0 Å². The first kappa shape index (κ1) is 18.5. The van der Waals surface area contributed by atoms with Gasteiger partial charge < -0.3 is 5.32 Å². The highest BCUT2D eigenvalue weighted by Crippen LogP contribution is 2.29. The Hall–Kier alpha value is -0.820. The maximum absolute atomic E-state index is 12.7. The normalized spacial score (nSPS) is 23.7. The Kier molecular flexibility index (Phi) is 6.31. The highest BCUT2D eigenvalue weighted by molar-refractivity contribution is 5.85. The molecule has 1 aromatic rings. The highest BCUT2D eigenvalue weighted by Gasteiger charge is 2.31. The van der Waals surface area contributed by atoms with Gasteiger partial charge in [0.25, 0.3) is 0 Å². The zero-order valence-corrected chi connectivity index (χ0v) is 13.8. The van der Waals surface area contributed by atoms with Crippen LogP contribution in [0, 0.1) is 0 Å². The summed E-state index contributed by atoms with van der Waals surface area (Å²) in [5, 5.41) is 3.38. The van der Waals surface area contributed by atoms with Crippen LogP contribution >= 0.6 is 12.4 Å². The van der Waals surface area contributed by atoms with Gasteiger partial charge in [-0.1, -0.05) is 18.2 Å². The van der Waals surface area contributed by atoms with E-state index in [1.54, 1.807) is 6.07 Å². The summed E-state index contributed by atoms with van der Waals surface area (Å²) in [6, 6.07) is 6.32. The molecule has 1 atom stereocenters. The zero-order chi connectivity index (χ0) is 15.6. The van der Waals surface area contributed by atoms with Crippen LogP contribution in [-0.2, 0) is 12.7 Å². The zero-order valence-electron chi connectivity index (χ0n) is 13.0. The van der Waals surface area contributed by atoms with E-state index in [4.69, 9.17) is 0 Å². The summed E-state index contributed by atoms with van der Waals surface area (Å²) in [5.41, 5.74) is 0.187. The van der Waals surface area contributed by atoms with Crippen LogP contribution in [0.25, 0.3) is 0 Å². The third-order valence-electron chi connectivity index (χ3n) is 4.62. The van der Waals surface area contributed by atoms with E-state index in [2.05, 4.69) is 15.1 Å². The smallest absolute Gasteiger partial charge is 0.315 e. The molecule has 3 nitrogen and oxygen atoms in total.